The molecule has 1 aliphatic heterocycles. The zero-order chi connectivity index (χ0) is 15.6. The molecule has 1 aliphatic rings. The average Bonchev–Trinajstić information content (AvgIpc) is 2.67. The number of hydrogen-bond donors (Lipinski definition) is 2. The molecule has 3 N–H and O–H groups in total. The molecule has 21 heavy (non-hydrogen) atoms. The van der Waals surface area contributed by atoms with Gasteiger partial charge in [0.1, 0.15) is 6.04 Å². The molecule has 0 saturated carbocycles. The van der Waals surface area contributed by atoms with Crippen LogP contribution in [0, 0.1) is 0 Å². The first-order valence-electron chi connectivity index (χ1n) is 6.47. The predicted octanol–water partition coefficient (Wildman–Crippen LogP) is -0.777. The van der Waals surface area contributed by atoms with Crippen molar-refractivity contribution in [2.24, 2.45) is 5.73 Å². The number of rotatable bonds is 5. The van der Waals surface area contributed by atoms with Crippen molar-refractivity contribution in [2.75, 3.05) is 13.6 Å². The van der Waals surface area contributed by atoms with Gasteiger partial charge in [0.15, 0.2) is 0 Å². The van der Waals surface area contributed by atoms with E-state index in [0.29, 0.717) is 13.0 Å². The van der Waals surface area contributed by atoms with Crippen molar-refractivity contribution in [3.05, 3.63) is 29.8 Å². The van der Waals surface area contributed by atoms with E-state index in [0.717, 1.165) is 10.5 Å². The lowest BCUT2D eigenvalue weighted by Gasteiger charge is -2.12. The summed E-state index contributed by atoms with van der Waals surface area (Å²) in [6.45, 7) is 0.482. The predicted molar refractivity (Wildman–Crippen MR) is 75.7 cm³/mol. The van der Waals surface area contributed by atoms with Crippen LogP contribution in [0.15, 0.2) is 29.2 Å². The first-order valence-corrected chi connectivity index (χ1v) is 7.95. The molecule has 0 radical (unpaired) electrons. The summed E-state index contributed by atoms with van der Waals surface area (Å²) in [4.78, 5) is 24.1. The number of carbonyl (C=O) groups is 2. The van der Waals surface area contributed by atoms with Gasteiger partial charge in [-0.25, -0.2) is 8.42 Å². The van der Waals surface area contributed by atoms with Gasteiger partial charge in [-0.2, -0.15) is 4.72 Å². The molecule has 2 rings (SSSR count). The topological polar surface area (TPSA) is 110 Å². The van der Waals surface area contributed by atoms with E-state index in [2.05, 4.69) is 4.72 Å². The second kappa shape index (κ2) is 5.92. The molecule has 1 atom stereocenters. The first-order chi connectivity index (χ1) is 9.85. The number of nitrogens with zero attached hydrogens (tertiary/aromatic N) is 1. The summed E-state index contributed by atoms with van der Waals surface area (Å²) in [5, 5.41) is 0. The van der Waals surface area contributed by atoms with E-state index < -0.39 is 27.9 Å². The molecule has 1 aromatic carbocycles. The van der Waals surface area contributed by atoms with Crippen molar-refractivity contribution >= 4 is 21.8 Å². The highest BCUT2D eigenvalue weighted by Crippen LogP contribution is 2.16. The van der Waals surface area contributed by atoms with Crippen LogP contribution in [-0.2, 0) is 26.0 Å². The maximum Gasteiger partial charge on any atom is 0.247 e. The molecule has 1 aromatic rings. The van der Waals surface area contributed by atoms with Gasteiger partial charge < -0.3 is 5.73 Å². The first kappa shape index (κ1) is 15.6. The normalized spacial score (nSPS) is 19.3. The van der Waals surface area contributed by atoms with Crippen molar-refractivity contribution in [3.8, 4) is 0 Å². The van der Waals surface area contributed by atoms with Gasteiger partial charge in [-0.1, -0.05) is 12.1 Å². The minimum atomic E-state index is -3.84. The highest BCUT2D eigenvalue weighted by atomic mass is 32.2. The lowest BCUT2D eigenvalue weighted by molar-refractivity contribution is -0.137. The number of nitrogens with two attached hydrogens (primary N) is 1. The zero-order valence-electron chi connectivity index (χ0n) is 11.6. The lowest BCUT2D eigenvalue weighted by atomic mass is 10.2. The van der Waals surface area contributed by atoms with Gasteiger partial charge in [0.2, 0.25) is 21.8 Å². The molecule has 1 fully saturated rings. The highest BCUT2D eigenvalue weighted by molar-refractivity contribution is 7.89. The van der Waals surface area contributed by atoms with Crippen molar-refractivity contribution in [1.82, 2.24) is 9.62 Å². The van der Waals surface area contributed by atoms with Crippen molar-refractivity contribution in [3.63, 3.8) is 0 Å². The van der Waals surface area contributed by atoms with Gasteiger partial charge in [0.25, 0.3) is 0 Å². The fraction of sp³-hybridized carbons (Fsp3) is 0.385. The number of sulfonamides is 1. The fourth-order valence-corrected chi connectivity index (χ4v) is 3.29. The molecule has 1 heterocycles. The molecular formula is C13H17N3O4S. The SMILES string of the molecule is CN1C(=O)CC(NS(=O)(=O)c2ccc(CCN)cc2)C1=O. The van der Waals surface area contributed by atoms with Gasteiger partial charge >= 0.3 is 0 Å². The third-order valence-corrected chi connectivity index (χ3v) is 4.83. The molecule has 7 nitrogen and oxygen atoms in total. The molecule has 0 aliphatic carbocycles. The molecule has 0 bridgehead atoms. The number of likely N-dealkylation sites (N-methyl/N-ethyl adjacent to an activating group) is 1. The van der Waals surface area contributed by atoms with Crippen LogP contribution in [-0.4, -0.2) is 44.8 Å². The standard InChI is InChI=1S/C13H17N3O4S/c1-16-12(17)8-11(13(16)18)15-21(19,20)10-4-2-9(3-5-10)6-7-14/h2-5,11,15H,6-8,14H2,1H3. The van der Waals surface area contributed by atoms with Gasteiger partial charge in [0.05, 0.1) is 11.3 Å². The van der Waals surface area contributed by atoms with E-state index in [1.807, 2.05) is 0 Å². The van der Waals surface area contributed by atoms with E-state index in [1.165, 1.54) is 19.2 Å². The monoisotopic (exact) mass is 311 g/mol. The van der Waals surface area contributed by atoms with Crippen LogP contribution >= 0.6 is 0 Å². The Labute approximate surface area is 123 Å². The summed E-state index contributed by atoms with van der Waals surface area (Å²) in [6.07, 6.45) is 0.508. The number of amides is 2. The van der Waals surface area contributed by atoms with Crippen molar-refractivity contribution in [1.29, 1.82) is 0 Å². The largest absolute Gasteiger partial charge is 0.330 e. The number of benzene rings is 1. The lowest BCUT2D eigenvalue weighted by Crippen LogP contribution is -2.40. The zero-order valence-corrected chi connectivity index (χ0v) is 12.4. The van der Waals surface area contributed by atoms with Crippen LogP contribution in [0.1, 0.15) is 12.0 Å². The number of carbonyl (C=O) groups excluding carboxylic acids is 2. The van der Waals surface area contributed by atoms with Crippen LogP contribution < -0.4 is 10.5 Å². The molecule has 0 aromatic heterocycles. The minimum Gasteiger partial charge on any atom is -0.330 e. The Bertz CT molecular complexity index is 654. The number of nitrogens with one attached hydrogen (secondary N) is 1. The fourth-order valence-electron chi connectivity index (χ4n) is 2.10. The smallest absolute Gasteiger partial charge is 0.247 e. The summed E-state index contributed by atoms with van der Waals surface area (Å²) >= 11 is 0. The van der Waals surface area contributed by atoms with Crippen molar-refractivity contribution < 1.29 is 18.0 Å². The average molecular weight is 311 g/mol. The van der Waals surface area contributed by atoms with Crippen LogP contribution in [0.2, 0.25) is 0 Å². The van der Waals surface area contributed by atoms with E-state index in [4.69, 9.17) is 5.73 Å². The maximum atomic E-state index is 12.2. The Morgan fingerprint density at radius 1 is 1.29 bits per heavy atom. The van der Waals surface area contributed by atoms with Gasteiger partial charge in [-0.05, 0) is 30.7 Å². The maximum absolute atomic E-state index is 12.2. The molecular weight excluding hydrogens is 294 g/mol. The highest BCUT2D eigenvalue weighted by Gasteiger charge is 2.38. The Morgan fingerprint density at radius 3 is 2.38 bits per heavy atom. The quantitative estimate of drug-likeness (QED) is 0.694. The van der Waals surface area contributed by atoms with Gasteiger partial charge in [-0.15, -0.1) is 0 Å². The summed E-state index contributed by atoms with van der Waals surface area (Å²) in [5.74, 6) is -0.936. The Morgan fingerprint density at radius 2 is 1.90 bits per heavy atom. The van der Waals surface area contributed by atoms with Crippen LogP contribution in [0.25, 0.3) is 0 Å². The van der Waals surface area contributed by atoms with E-state index in [1.54, 1.807) is 12.1 Å². The van der Waals surface area contributed by atoms with Gasteiger partial charge in [0, 0.05) is 7.05 Å². The van der Waals surface area contributed by atoms with Crippen molar-refractivity contribution in [2.45, 2.75) is 23.8 Å². The number of hydrogen-bond acceptors (Lipinski definition) is 5. The number of likely N-dealkylation sites (tertiary alicyclic amines) is 1. The van der Waals surface area contributed by atoms with Crippen LogP contribution in [0.5, 0.6) is 0 Å². The summed E-state index contributed by atoms with van der Waals surface area (Å²) < 4.78 is 26.7. The van der Waals surface area contributed by atoms with Gasteiger partial charge in [-0.3, -0.25) is 14.5 Å². The second-order valence-corrected chi connectivity index (χ2v) is 6.57. The Hall–Kier alpha value is -1.77. The molecule has 1 saturated heterocycles. The summed E-state index contributed by atoms with van der Waals surface area (Å²) in [7, 11) is -2.50. The summed E-state index contributed by atoms with van der Waals surface area (Å²) in [5.41, 5.74) is 6.36. The third-order valence-electron chi connectivity index (χ3n) is 3.35. The van der Waals surface area contributed by atoms with Crippen LogP contribution in [0.4, 0.5) is 0 Å². The molecule has 2 amide bonds. The molecule has 114 valence electrons. The Balaban J connectivity index is 2.15. The molecule has 8 heteroatoms. The van der Waals surface area contributed by atoms with Crippen LogP contribution in [0.3, 0.4) is 0 Å². The Kier molecular flexibility index (Phi) is 4.40. The molecule has 0 spiro atoms. The molecule has 1 unspecified atom stereocenters. The number of imide groups is 1. The third kappa shape index (κ3) is 3.29. The summed E-state index contributed by atoms with van der Waals surface area (Å²) in [6, 6.07) is 5.23. The van der Waals surface area contributed by atoms with E-state index in [9.17, 15) is 18.0 Å². The van der Waals surface area contributed by atoms with E-state index in [-0.39, 0.29) is 11.3 Å². The minimum absolute atomic E-state index is 0.0538. The van der Waals surface area contributed by atoms with E-state index >= 15 is 0 Å². The second-order valence-electron chi connectivity index (χ2n) is 4.85.